The van der Waals surface area contributed by atoms with E-state index in [1.165, 1.54) is 0 Å². The van der Waals surface area contributed by atoms with E-state index in [1.54, 1.807) is 18.2 Å². The van der Waals surface area contributed by atoms with Gasteiger partial charge in [-0.2, -0.15) is 0 Å². The molecule has 2 rings (SSSR count). The summed E-state index contributed by atoms with van der Waals surface area (Å²) in [4.78, 5) is 18.9. The standard InChI is InChI=1S/C13H16N2O2/c1-3-13(17,4-2)12-14-10-8-6-5-7-9(10)11(16)15-12/h5-8,17H,3-4H2,1-2H3,(H,14,15,16). The fourth-order valence-corrected chi connectivity index (χ4v) is 1.89. The van der Waals surface area contributed by atoms with Crippen LogP contribution in [0.5, 0.6) is 0 Å². The molecule has 0 aliphatic rings. The molecule has 90 valence electrons. The summed E-state index contributed by atoms with van der Waals surface area (Å²) in [6.45, 7) is 3.75. The van der Waals surface area contributed by atoms with E-state index in [9.17, 15) is 9.90 Å². The number of hydrogen-bond acceptors (Lipinski definition) is 3. The van der Waals surface area contributed by atoms with Crippen molar-refractivity contribution in [3.8, 4) is 0 Å². The molecule has 2 aromatic rings. The summed E-state index contributed by atoms with van der Waals surface area (Å²) < 4.78 is 0. The smallest absolute Gasteiger partial charge is 0.258 e. The van der Waals surface area contributed by atoms with Gasteiger partial charge in [0, 0.05) is 0 Å². The molecule has 0 saturated carbocycles. The molecule has 4 heteroatoms. The summed E-state index contributed by atoms with van der Waals surface area (Å²) >= 11 is 0. The molecule has 0 unspecified atom stereocenters. The van der Waals surface area contributed by atoms with Gasteiger partial charge in [0.15, 0.2) is 0 Å². The van der Waals surface area contributed by atoms with E-state index < -0.39 is 5.60 Å². The van der Waals surface area contributed by atoms with Crippen LogP contribution in [0.3, 0.4) is 0 Å². The van der Waals surface area contributed by atoms with Crippen LogP contribution in [0.1, 0.15) is 32.5 Å². The fourth-order valence-electron chi connectivity index (χ4n) is 1.89. The van der Waals surface area contributed by atoms with Crippen LogP contribution in [0.25, 0.3) is 10.9 Å². The van der Waals surface area contributed by atoms with Gasteiger partial charge < -0.3 is 10.1 Å². The lowest BCUT2D eigenvalue weighted by atomic mass is 9.96. The van der Waals surface area contributed by atoms with Crippen LogP contribution in [0.2, 0.25) is 0 Å². The average Bonchev–Trinajstić information content (AvgIpc) is 2.38. The molecule has 0 atom stereocenters. The Balaban J connectivity index is 2.69. The van der Waals surface area contributed by atoms with Gasteiger partial charge in [0.05, 0.1) is 10.9 Å². The number of rotatable bonds is 3. The number of H-pyrrole nitrogens is 1. The number of aliphatic hydroxyl groups is 1. The SMILES string of the molecule is CCC(O)(CC)c1nc2ccccc2c(=O)[nH]1. The molecule has 1 heterocycles. The van der Waals surface area contributed by atoms with Crippen LogP contribution in [0.4, 0.5) is 0 Å². The van der Waals surface area contributed by atoms with Crippen molar-refractivity contribution < 1.29 is 5.11 Å². The zero-order chi connectivity index (χ0) is 12.5. The molecule has 0 spiro atoms. The number of para-hydroxylation sites is 1. The van der Waals surface area contributed by atoms with Crippen LogP contribution in [0, 0.1) is 0 Å². The highest BCUT2D eigenvalue weighted by atomic mass is 16.3. The van der Waals surface area contributed by atoms with Crippen LogP contribution < -0.4 is 5.56 Å². The third-order valence-corrected chi connectivity index (χ3v) is 3.22. The van der Waals surface area contributed by atoms with Crippen LogP contribution in [-0.4, -0.2) is 15.1 Å². The Hall–Kier alpha value is -1.68. The van der Waals surface area contributed by atoms with Crippen molar-refractivity contribution in [3.63, 3.8) is 0 Å². The summed E-state index contributed by atoms with van der Waals surface area (Å²) in [6, 6.07) is 7.13. The maximum Gasteiger partial charge on any atom is 0.258 e. The van der Waals surface area contributed by atoms with Gasteiger partial charge in [-0.1, -0.05) is 26.0 Å². The van der Waals surface area contributed by atoms with E-state index in [0.717, 1.165) is 0 Å². The number of hydrogen-bond donors (Lipinski definition) is 2. The Kier molecular flexibility index (Phi) is 2.98. The number of benzene rings is 1. The maximum atomic E-state index is 11.9. The van der Waals surface area contributed by atoms with Gasteiger partial charge in [0.2, 0.25) is 0 Å². The quantitative estimate of drug-likeness (QED) is 0.849. The van der Waals surface area contributed by atoms with Crippen molar-refractivity contribution in [2.45, 2.75) is 32.3 Å². The Morgan fingerprint density at radius 3 is 2.59 bits per heavy atom. The minimum Gasteiger partial charge on any atom is -0.382 e. The first-order valence-corrected chi connectivity index (χ1v) is 5.82. The molecule has 0 amide bonds. The third kappa shape index (κ3) is 1.96. The van der Waals surface area contributed by atoms with Gasteiger partial charge in [-0.15, -0.1) is 0 Å². The van der Waals surface area contributed by atoms with E-state index in [0.29, 0.717) is 29.6 Å². The normalized spacial score (nSPS) is 11.9. The van der Waals surface area contributed by atoms with Crippen molar-refractivity contribution in [2.75, 3.05) is 0 Å². The number of nitrogens with one attached hydrogen (secondary N) is 1. The van der Waals surface area contributed by atoms with Gasteiger partial charge in [0.25, 0.3) is 5.56 Å². The summed E-state index contributed by atoms with van der Waals surface area (Å²) in [7, 11) is 0. The van der Waals surface area contributed by atoms with Crippen molar-refractivity contribution in [1.82, 2.24) is 9.97 Å². The minimum atomic E-state index is -1.05. The summed E-state index contributed by atoms with van der Waals surface area (Å²) in [5.41, 5.74) is -0.638. The largest absolute Gasteiger partial charge is 0.382 e. The number of nitrogens with zero attached hydrogens (tertiary/aromatic N) is 1. The number of aromatic amines is 1. The molecule has 0 fully saturated rings. The lowest BCUT2D eigenvalue weighted by Gasteiger charge is -2.23. The van der Waals surface area contributed by atoms with E-state index in [-0.39, 0.29) is 5.56 Å². The Bertz CT molecular complexity index is 585. The van der Waals surface area contributed by atoms with E-state index in [2.05, 4.69) is 9.97 Å². The first-order valence-electron chi connectivity index (χ1n) is 5.82. The predicted molar refractivity (Wildman–Crippen MR) is 66.8 cm³/mol. The molecule has 0 saturated heterocycles. The lowest BCUT2D eigenvalue weighted by molar-refractivity contribution is 0.0194. The Morgan fingerprint density at radius 2 is 1.94 bits per heavy atom. The molecule has 0 radical (unpaired) electrons. The predicted octanol–water partition coefficient (Wildman–Crippen LogP) is 1.93. The second-order valence-corrected chi connectivity index (χ2v) is 4.17. The minimum absolute atomic E-state index is 0.203. The van der Waals surface area contributed by atoms with Crippen molar-refractivity contribution in [1.29, 1.82) is 0 Å². The molecule has 0 aliphatic carbocycles. The van der Waals surface area contributed by atoms with Crippen molar-refractivity contribution in [2.24, 2.45) is 0 Å². The van der Waals surface area contributed by atoms with Crippen LogP contribution >= 0.6 is 0 Å². The fraction of sp³-hybridized carbons (Fsp3) is 0.385. The summed E-state index contributed by atoms with van der Waals surface area (Å²) in [5, 5.41) is 10.9. The third-order valence-electron chi connectivity index (χ3n) is 3.22. The Morgan fingerprint density at radius 1 is 1.29 bits per heavy atom. The van der Waals surface area contributed by atoms with E-state index in [1.807, 2.05) is 19.9 Å². The summed E-state index contributed by atoms with van der Waals surface area (Å²) in [5.74, 6) is 0.353. The molecular formula is C13H16N2O2. The number of fused-ring (bicyclic) bond motifs is 1. The van der Waals surface area contributed by atoms with Gasteiger partial charge in [-0.05, 0) is 25.0 Å². The zero-order valence-corrected chi connectivity index (χ0v) is 10.0. The average molecular weight is 232 g/mol. The molecular weight excluding hydrogens is 216 g/mol. The molecule has 1 aromatic heterocycles. The highest BCUT2D eigenvalue weighted by Crippen LogP contribution is 2.25. The second kappa shape index (κ2) is 4.30. The van der Waals surface area contributed by atoms with Gasteiger partial charge in [-0.3, -0.25) is 4.79 Å². The summed E-state index contributed by atoms with van der Waals surface area (Å²) in [6.07, 6.45) is 1.04. The monoisotopic (exact) mass is 232 g/mol. The maximum absolute atomic E-state index is 11.9. The first-order chi connectivity index (χ1) is 8.10. The lowest BCUT2D eigenvalue weighted by Crippen LogP contribution is -2.29. The topological polar surface area (TPSA) is 66.0 Å². The molecule has 4 nitrogen and oxygen atoms in total. The van der Waals surface area contributed by atoms with Gasteiger partial charge in [0.1, 0.15) is 11.4 Å². The van der Waals surface area contributed by atoms with Crippen LogP contribution in [-0.2, 0) is 5.60 Å². The first kappa shape index (κ1) is 11.8. The Labute approximate surface area is 99.3 Å². The second-order valence-electron chi connectivity index (χ2n) is 4.17. The molecule has 1 aromatic carbocycles. The van der Waals surface area contributed by atoms with Crippen LogP contribution in [0.15, 0.2) is 29.1 Å². The molecule has 2 N–H and O–H groups in total. The van der Waals surface area contributed by atoms with Gasteiger partial charge in [-0.25, -0.2) is 4.98 Å². The van der Waals surface area contributed by atoms with Crippen molar-refractivity contribution >= 4 is 10.9 Å². The van der Waals surface area contributed by atoms with E-state index >= 15 is 0 Å². The van der Waals surface area contributed by atoms with E-state index in [4.69, 9.17) is 0 Å². The van der Waals surface area contributed by atoms with Gasteiger partial charge >= 0.3 is 0 Å². The molecule has 0 bridgehead atoms. The molecule has 17 heavy (non-hydrogen) atoms. The number of aromatic nitrogens is 2. The zero-order valence-electron chi connectivity index (χ0n) is 10.0. The highest BCUT2D eigenvalue weighted by Gasteiger charge is 2.28. The van der Waals surface area contributed by atoms with Crippen molar-refractivity contribution in [3.05, 3.63) is 40.4 Å². The molecule has 0 aliphatic heterocycles. The highest BCUT2D eigenvalue weighted by molar-refractivity contribution is 5.77.